The zero-order chi connectivity index (χ0) is 14.2. The SMILES string of the molecule is Cn1ccc(-c2ccc(C(F)(F)F)cc2)c1C(=O)O. The third kappa shape index (κ3) is 2.47. The lowest BCUT2D eigenvalue weighted by Crippen LogP contribution is -2.06. The highest BCUT2D eigenvalue weighted by molar-refractivity contribution is 5.94. The Kier molecular flexibility index (Phi) is 3.09. The van der Waals surface area contributed by atoms with Gasteiger partial charge < -0.3 is 9.67 Å². The molecule has 6 heteroatoms. The molecule has 2 rings (SSSR count). The second-order valence-corrected chi connectivity index (χ2v) is 4.07. The van der Waals surface area contributed by atoms with Gasteiger partial charge in [0.05, 0.1) is 5.56 Å². The molecule has 19 heavy (non-hydrogen) atoms. The van der Waals surface area contributed by atoms with Crippen LogP contribution in [0.15, 0.2) is 36.5 Å². The molecule has 0 unspecified atom stereocenters. The molecule has 0 saturated carbocycles. The standard InChI is InChI=1S/C13H10F3NO2/c1-17-7-6-10(11(17)12(18)19)8-2-4-9(5-3-8)13(14,15)16/h2-7H,1H3,(H,18,19). The van der Waals surface area contributed by atoms with Crippen molar-refractivity contribution in [2.75, 3.05) is 0 Å². The van der Waals surface area contributed by atoms with Gasteiger partial charge in [0.2, 0.25) is 0 Å². The van der Waals surface area contributed by atoms with Crippen LogP contribution in [0.3, 0.4) is 0 Å². The summed E-state index contributed by atoms with van der Waals surface area (Å²) < 4.78 is 38.7. The summed E-state index contributed by atoms with van der Waals surface area (Å²) in [5.74, 6) is -1.12. The van der Waals surface area contributed by atoms with Gasteiger partial charge in [-0.3, -0.25) is 0 Å². The van der Waals surface area contributed by atoms with E-state index in [1.807, 2.05) is 0 Å². The molecule has 1 N–H and O–H groups in total. The zero-order valence-corrected chi connectivity index (χ0v) is 9.90. The number of aryl methyl sites for hydroxylation is 1. The number of halogens is 3. The Bertz CT molecular complexity index is 612. The smallest absolute Gasteiger partial charge is 0.416 e. The van der Waals surface area contributed by atoms with Crippen molar-refractivity contribution in [3.8, 4) is 11.1 Å². The van der Waals surface area contributed by atoms with Crippen LogP contribution < -0.4 is 0 Å². The normalized spacial score (nSPS) is 11.6. The van der Waals surface area contributed by atoms with Crippen molar-refractivity contribution < 1.29 is 23.1 Å². The summed E-state index contributed by atoms with van der Waals surface area (Å²) in [6, 6.07) is 5.98. The van der Waals surface area contributed by atoms with Gasteiger partial charge in [0.25, 0.3) is 0 Å². The number of carbonyl (C=O) groups is 1. The Morgan fingerprint density at radius 3 is 2.21 bits per heavy atom. The fourth-order valence-electron chi connectivity index (χ4n) is 1.87. The van der Waals surface area contributed by atoms with Crippen molar-refractivity contribution in [1.82, 2.24) is 4.57 Å². The highest BCUT2D eigenvalue weighted by atomic mass is 19.4. The van der Waals surface area contributed by atoms with Crippen molar-refractivity contribution in [2.24, 2.45) is 7.05 Å². The van der Waals surface area contributed by atoms with Crippen molar-refractivity contribution in [1.29, 1.82) is 0 Å². The molecule has 0 spiro atoms. The fourth-order valence-corrected chi connectivity index (χ4v) is 1.87. The molecule has 0 fully saturated rings. The van der Waals surface area contributed by atoms with E-state index in [4.69, 9.17) is 5.11 Å². The summed E-state index contributed by atoms with van der Waals surface area (Å²) in [7, 11) is 1.57. The van der Waals surface area contributed by atoms with Crippen LogP contribution in [0.1, 0.15) is 16.1 Å². The summed E-state index contributed by atoms with van der Waals surface area (Å²) in [4.78, 5) is 11.1. The van der Waals surface area contributed by atoms with E-state index in [-0.39, 0.29) is 5.69 Å². The minimum absolute atomic E-state index is 0.0414. The molecule has 0 amide bonds. The number of benzene rings is 1. The van der Waals surface area contributed by atoms with Crippen LogP contribution in [-0.2, 0) is 13.2 Å². The Hall–Kier alpha value is -2.24. The molecule has 100 valence electrons. The van der Waals surface area contributed by atoms with Gasteiger partial charge in [0, 0.05) is 18.8 Å². The third-order valence-electron chi connectivity index (χ3n) is 2.80. The van der Waals surface area contributed by atoms with E-state index in [0.29, 0.717) is 11.1 Å². The number of rotatable bonds is 2. The monoisotopic (exact) mass is 269 g/mol. The first kappa shape index (κ1) is 13.2. The summed E-state index contributed by atoms with van der Waals surface area (Å²) in [6.07, 6.45) is -2.85. The molecule has 0 atom stereocenters. The number of aromatic nitrogens is 1. The van der Waals surface area contributed by atoms with Crippen LogP contribution >= 0.6 is 0 Å². The second kappa shape index (κ2) is 4.46. The molecule has 1 heterocycles. The van der Waals surface area contributed by atoms with E-state index in [2.05, 4.69) is 0 Å². The van der Waals surface area contributed by atoms with E-state index < -0.39 is 17.7 Å². The Labute approximate surface area is 106 Å². The zero-order valence-electron chi connectivity index (χ0n) is 9.90. The van der Waals surface area contributed by atoms with Crippen LogP contribution in [0.5, 0.6) is 0 Å². The predicted octanol–water partition coefficient (Wildman–Crippen LogP) is 3.41. The number of aromatic carboxylic acids is 1. The molecule has 3 nitrogen and oxygen atoms in total. The first-order valence-corrected chi connectivity index (χ1v) is 5.37. The van der Waals surface area contributed by atoms with Crippen LogP contribution in [0, 0.1) is 0 Å². The summed E-state index contributed by atoms with van der Waals surface area (Å²) in [5, 5.41) is 9.08. The lowest BCUT2D eigenvalue weighted by atomic mass is 10.0. The van der Waals surface area contributed by atoms with Crippen molar-refractivity contribution in [3.63, 3.8) is 0 Å². The van der Waals surface area contributed by atoms with E-state index in [1.54, 1.807) is 19.3 Å². The average molecular weight is 269 g/mol. The maximum Gasteiger partial charge on any atom is 0.416 e. The molecular weight excluding hydrogens is 259 g/mol. The molecule has 0 bridgehead atoms. The lowest BCUT2D eigenvalue weighted by Gasteiger charge is -2.08. The first-order chi connectivity index (χ1) is 8.80. The largest absolute Gasteiger partial charge is 0.477 e. The molecule has 0 radical (unpaired) electrons. The van der Waals surface area contributed by atoms with E-state index in [9.17, 15) is 18.0 Å². The molecular formula is C13H10F3NO2. The molecule has 1 aromatic heterocycles. The topological polar surface area (TPSA) is 42.2 Å². The lowest BCUT2D eigenvalue weighted by molar-refractivity contribution is -0.137. The number of hydrogen-bond acceptors (Lipinski definition) is 1. The Morgan fingerprint density at radius 2 is 1.74 bits per heavy atom. The maximum absolute atomic E-state index is 12.4. The van der Waals surface area contributed by atoms with Gasteiger partial charge in [0.15, 0.2) is 0 Å². The number of hydrogen-bond donors (Lipinski definition) is 1. The minimum Gasteiger partial charge on any atom is -0.477 e. The highest BCUT2D eigenvalue weighted by Crippen LogP contribution is 2.32. The van der Waals surface area contributed by atoms with Gasteiger partial charge in [-0.05, 0) is 23.8 Å². The molecule has 1 aromatic carbocycles. The molecule has 0 saturated heterocycles. The maximum atomic E-state index is 12.4. The van der Waals surface area contributed by atoms with E-state index in [1.165, 1.54) is 16.7 Å². The van der Waals surface area contributed by atoms with E-state index in [0.717, 1.165) is 12.1 Å². The third-order valence-corrected chi connectivity index (χ3v) is 2.80. The van der Waals surface area contributed by atoms with Crippen LogP contribution in [0.4, 0.5) is 13.2 Å². The summed E-state index contributed by atoms with van der Waals surface area (Å²) in [6.45, 7) is 0. The van der Waals surface area contributed by atoms with Gasteiger partial charge in [0.1, 0.15) is 5.69 Å². The summed E-state index contributed by atoms with van der Waals surface area (Å²) in [5.41, 5.74) is 0.110. The highest BCUT2D eigenvalue weighted by Gasteiger charge is 2.30. The van der Waals surface area contributed by atoms with E-state index >= 15 is 0 Å². The fraction of sp³-hybridized carbons (Fsp3) is 0.154. The van der Waals surface area contributed by atoms with Crippen molar-refractivity contribution >= 4 is 5.97 Å². The average Bonchev–Trinajstić information content (AvgIpc) is 2.70. The predicted molar refractivity (Wildman–Crippen MR) is 62.8 cm³/mol. The number of carboxylic acid groups (broad SMARTS) is 1. The van der Waals surface area contributed by atoms with Gasteiger partial charge in [-0.15, -0.1) is 0 Å². The van der Waals surface area contributed by atoms with Crippen LogP contribution in [-0.4, -0.2) is 15.6 Å². The van der Waals surface area contributed by atoms with Crippen molar-refractivity contribution in [3.05, 3.63) is 47.8 Å². The molecule has 2 aromatic rings. The Morgan fingerprint density at radius 1 is 1.16 bits per heavy atom. The molecule has 0 aliphatic rings. The second-order valence-electron chi connectivity index (χ2n) is 4.07. The number of nitrogens with zero attached hydrogens (tertiary/aromatic N) is 1. The number of alkyl halides is 3. The van der Waals surface area contributed by atoms with Gasteiger partial charge >= 0.3 is 12.1 Å². The summed E-state index contributed by atoms with van der Waals surface area (Å²) >= 11 is 0. The van der Waals surface area contributed by atoms with Crippen molar-refractivity contribution in [2.45, 2.75) is 6.18 Å². The first-order valence-electron chi connectivity index (χ1n) is 5.37. The molecule has 0 aliphatic carbocycles. The van der Waals surface area contributed by atoms with Crippen LogP contribution in [0.2, 0.25) is 0 Å². The molecule has 0 aliphatic heterocycles. The van der Waals surface area contributed by atoms with Gasteiger partial charge in [-0.2, -0.15) is 13.2 Å². The van der Waals surface area contributed by atoms with Gasteiger partial charge in [-0.1, -0.05) is 12.1 Å². The number of carboxylic acids is 1. The van der Waals surface area contributed by atoms with Gasteiger partial charge in [-0.25, -0.2) is 4.79 Å². The minimum atomic E-state index is -4.40. The quantitative estimate of drug-likeness (QED) is 0.907. The Balaban J connectivity index is 2.46. The van der Waals surface area contributed by atoms with Crippen LogP contribution in [0.25, 0.3) is 11.1 Å².